The maximum absolute atomic E-state index is 5.59. The van der Waals surface area contributed by atoms with Gasteiger partial charge in [-0.3, -0.25) is 0 Å². The Kier molecular flexibility index (Phi) is 3.44. The molecule has 0 spiro atoms. The molecular formula is C7H17OSi. The highest BCUT2D eigenvalue weighted by molar-refractivity contribution is 6.11. The lowest BCUT2D eigenvalue weighted by Gasteiger charge is -2.24. The van der Waals surface area contributed by atoms with Gasteiger partial charge in [0.15, 0.2) is 0 Å². The molecule has 1 unspecified atom stereocenters. The van der Waals surface area contributed by atoms with Crippen LogP contribution in [0, 0.1) is 6.92 Å². The van der Waals surface area contributed by atoms with Crippen molar-refractivity contribution in [3.8, 4) is 0 Å². The lowest BCUT2D eigenvalue weighted by atomic mass is 10.2. The predicted molar refractivity (Wildman–Crippen MR) is 44.5 cm³/mol. The van der Waals surface area contributed by atoms with Crippen molar-refractivity contribution >= 4 is 10.2 Å². The van der Waals surface area contributed by atoms with Gasteiger partial charge in [0.2, 0.25) is 0 Å². The van der Waals surface area contributed by atoms with Crippen molar-refractivity contribution in [1.29, 1.82) is 0 Å². The van der Waals surface area contributed by atoms with Gasteiger partial charge in [0, 0.05) is 16.0 Å². The van der Waals surface area contributed by atoms with Crippen LogP contribution < -0.4 is 0 Å². The topological polar surface area (TPSA) is 9.23 Å². The maximum Gasteiger partial charge on any atom is 0.0597 e. The molecule has 0 N–H and O–H groups in total. The molecule has 55 valence electrons. The van der Waals surface area contributed by atoms with Crippen LogP contribution in [-0.2, 0) is 4.74 Å². The highest BCUT2D eigenvalue weighted by Crippen LogP contribution is 2.09. The van der Waals surface area contributed by atoms with Crippen LogP contribution in [0.1, 0.15) is 27.2 Å². The molecule has 0 aliphatic heterocycles. The summed E-state index contributed by atoms with van der Waals surface area (Å²) in [6.45, 7) is 10.0. The summed E-state index contributed by atoms with van der Waals surface area (Å²) in [7, 11) is 1.09. The quantitative estimate of drug-likeness (QED) is 0.520. The van der Waals surface area contributed by atoms with Gasteiger partial charge in [-0.25, -0.2) is 0 Å². The lowest BCUT2D eigenvalue weighted by molar-refractivity contribution is -0.0216. The SMILES string of the molecule is [CH2]CC([SiH3])OC(C)(C)C. The molecule has 0 aromatic carbocycles. The molecule has 0 bridgehead atoms. The van der Waals surface area contributed by atoms with Gasteiger partial charge in [-0.15, -0.1) is 0 Å². The van der Waals surface area contributed by atoms with Crippen molar-refractivity contribution in [3.63, 3.8) is 0 Å². The van der Waals surface area contributed by atoms with Gasteiger partial charge in [0.1, 0.15) is 0 Å². The third-order valence-corrected chi connectivity index (χ3v) is 1.77. The first-order valence-corrected chi connectivity index (χ1v) is 4.58. The zero-order valence-corrected chi connectivity index (χ0v) is 8.90. The Labute approximate surface area is 61.2 Å². The van der Waals surface area contributed by atoms with E-state index < -0.39 is 0 Å². The summed E-state index contributed by atoms with van der Waals surface area (Å²) in [5.41, 5.74) is 0.439. The largest absolute Gasteiger partial charge is 0.377 e. The smallest absolute Gasteiger partial charge is 0.0597 e. The Morgan fingerprint density at radius 2 is 2.00 bits per heavy atom. The summed E-state index contributed by atoms with van der Waals surface area (Å²) in [6.07, 6.45) is 0.906. The number of rotatable bonds is 2. The summed E-state index contributed by atoms with van der Waals surface area (Å²) in [6, 6.07) is 0. The van der Waals surface area contributed by atoms with Gasteiger partial charge in [0.05, 0.1) is 5.60 Å². The maximum atomic E-state index is 5.59. The monoisotopic (exact) mass is 145 g/mol. The first-order valence-electron chi connectivity index (χ1n) is 3.43. The minimum atomic E-state index is 0.0180. The Morgan fingerprint density at radius 3 is 2.11 bits per heavy atom. The second-order valence-corrected chi connectivity index (χ2v) is 4.62. The van der Waals surface area contributed by atoms with Crippen molar-refractivity contribution in [2.24, 2.45) is 0 Å². The standard InChI is InChI=1S/C7H17OSi/c1-5-6(9)8-7(2,3)4/h6H,1,5H2,2-4,9H3. The molecule has 0 aromatic heterocycles. The fourth-order valence-electron chi connectivity index (χ4n) is 0.662. The van der Waals surface area contributed by atoms with Crippen LogP contribution in [0.5, 0.6) is 0 Å². The molecule has 1 nitrogen and oxygen atoms in total. The first-order chi connectivity index (χ1) is 3.95. The zero-order valence-electron chi connectivity index (χ0n) is 6.90. The summed E-state index contributed by atoms with van der Waals surface area (Å²) >= 11 is 0. The van der Waals surface area contributed by atoms with Crippen molar-refractivity contribution < 1.29 is 4.74 Å². The van der Waals surface area contributed by atoms with Crippen LogP contribution in [-0.4, -0.2) is 21.6 Å². The molecular weight excluding hydrogens is 128 g/mol. The summed E-state index contributed by atoms with van der Waals surface area (Å²) in [4.78, 5) is 0. The van der Waals surface area contributed by atoms with Crippen LogP contribution in [0.2, 0.25) is 0 Å². The van der Waals surface area contributed by atoms with Gasteiger partial charge >= 0.3 is 0 Å². The molecule has 0 saturated carbocycles. The van der Waals surface area contributed by atoms with Crippen molar-refractivity contribution in [1.82, 2.24) is 0 Å². The van der Waals surface area contributed by atoms with E-state index in [9.17, 15) is 0 Å². The summed E-state index contributed by atoms with van der Waals surface area (Å²) in [5, 5.41) is 0. The van der Waals surface area contributed by atoms with E-state index in [0.717, 1.165) is 16.7 Å². The molecule has 0 saturated heterocycles. The molecule has 1 atom stereocenters. The van der Waals surface area contributed by atoms with Gasteiger partial charge < -0.3 is 4.74 Å². The summed E-state index contributed by atoms with van der Waals surface area (Å²) in [5.74, 6) is 0. The predicted octanol–water partition coefficient (Wildman–Crippen LogP) is 0.717. The van der Waals surface area contributed by atoms with E-state index in [-0.39, 0.29) is 5.60 Å². The molecule has 0 amide bonds. The van der Waals surface area contributed by atoms with Crippen molar-refractivity contribution in [3.05, 3.63) is 6.92 Å². The van der Waals surface area contributed by atoms with Crippen LogP contribution in [0.4, 0.5) is 0 Å². The van der Waals surface area contributed by atoms with E-state index in [0.29, 0.717) is 5.73 Å². The molecule has 0 heterocycles. The molecule has 0 aromatic rings. The van der Waals surface area contributed by atoms with E-state index in [2.05, 4.69) is 27.7 Å². The molecule has 1 radical (unpaired) electrons. The van der Waals surface area contributed by atoms with Crippen molar-refractivity contribution in [2.75, 3.05) is 0 Å². The minimum absolute atomic E-state index is 0.0180. The first kappa shape index (κ1) is 9.18. The van der Waals surface area contributed by atoms with Gasteiger partial charge in [-0.1, -0.05) is 6.92 Å². The summed E-state index contributed by atoms with van der Waals surface area (Å²) < 4.78 is 5.59. The van der Waals surface area contributed by atoms with Crippen LogP contribution in [0.3, 0.4) is 0 Å². The minimum Gasteiger partial charge on any atom is -0.377 e. The molecule has 0 rings (SSSR count). The van der Waals surface area contributed by atoms with Crippen molar-refractivity contribution in [2.45, 2.75) is 38.5 Å². The molecule has 0 fully saturated rings. The molecule has 9 heavy (non-hydrogen) atoms. The Balaban J connectivity index is 3.47. The Morgan fingerprint density at radius 1 is 1.56 bits per heavy atom. The average Bonchev–Trinajstić information content (AvgIpc) is 1.62. The Bertz CT molecular complexity index is 75.5. The lowest BCUT2D eigenvalue weighted by Crippen LogP contribution is -2.26. The van der Waals surface area contributed by atoms with Crippen LogP contribution in [0.15, 0.2) is 0 Å². The fraction of sp³-hybridized carbons (Fsp3) is 0.857. The highest BCUT2D eigenvalue weighted by Gasteiger charge is 2.12. The highest BCUT2D eigenvalue weighted by atomic mass is 28.1. The van der Waals surface area contributed by atoms with E-state index in [1.807, 2.05) is 0 Å². The van der Waals surface area contributed by atoms with E-state index in [4.69, 9.17) is 4.74 Å². The van der Waals surface area contributed by atoms with E-state index in [1.165, 1.54) is 0 Å². The number of ether oxygens (including phenoxy) is 1. The number of hydrogen-bond acceptors (Lipinski definition) is 1. The number of hydrogen-bond donors (Lipinski definition) is 0. The zero-order chi connectivity index (χ0) is 7.49. The van der Waals surface area contributed by atoms with Crippen LogP contribution >= 0.6 is 0 Å². The van der Waals surface area contributed by atoms with Crippen LogP contribution in [0.25, 0.3) is 0 Å². The second kappa shape index (κ2) is 3.37. The Hall–Kier alpha value is 0.177. The van der Waals surface area contributed by atoms with Gasteiger partial charge in [-0.2, -0.15) is 0 Å². The normalized spacial score (nSPS) is 16.0. The third-order valence-electron chi connectivity index (χ3n) is 0.961. The molecule has 0 aliphatic rings. The van der Waals surface area contributed by atoms with E-state index in [1.54, 1.807) is 0 Å². The average molecular weight is 145 g/mol. The van der Waals surface area contributed by atoms with Gasteiger partial charge in [-0.05, 0) is 27.2 Å². The molecule has 0 aliphatic carbocycles. The van der Waals surface area contributed by atoms with E-state index >= 15 is 0 Å². The second-order valence-electron chi connectivity index (χ2n) is 3.33. The fourth-order valence-corrected chi connectivity index (χ4v) is 1.37. The van der Waals surface area contributed by atoms with Gasteiger partial charge in [0.25, 0.3) is 0 Å². The molecule has 2 heteroatoms. The third kappa shape index (κ3) is 6.06.